The van der Waals surface area contributed by atoms with Crippen LogP contribution in [0.15, 0.2) is 60.4 Å². The number of hydrogen-bond donors (Lipinski definition) is 2. The first-order valence-electron chi connectivity index (χ1n) is 7.17. The van der Waals surface area contributed by atoms with E-state index >= 15 is 0 Å². The van der Waals surface area contributed by atoms with E-state index < -0.39 is 6.04 Å². The average molecular weight is 305 g/mol. The molecule has 0 bridgehead atoms. The van der Waals surface area contributed by atoms with Crippen molar-refractivity contribution in [3.63, 3.8) is 0 Å². The van der Waals surface area contributed by atoms with Crippen molar-refractivity contribution >= 4 is 17.3 Å². The first kappa shape index (κ1) is 14.7. The van der Waals surface area contributed by atoms with Gasteiger partial charge in [0.2, 0.25) is 0 Å². The van der Waals surface area contributed by atoms with Crippen molar-refractivity contribution in [2.24, 2.45) is 0 Å². The quantitative estimate of drug-likeness (QED) is 0.853. The summed E-state index contributed by atoms with van der Waals surface area (Å²) in [4.78, 5) is 13.7. The van der Waals surface area contributed by atoms with Crippen LogP contribution in [-0.2, 0) is 11.2 Å². The molecule has 0 saturated heterocycles. The zero-order chi connectivity index (χ0) is 16.4. The summed E-state index contributed by atoms with van der Waals surface area (Å²) in [6, 6.07) is 16.0. The molecule has 1 heterocycles. The highest BCUT2D eigenvalue weighted by Gasteiger charge is 2.34. The van der Waals surface area contributed by atoms with E-state index in [4.69, 9.17) is 11.0 Å². The molecule has 0 spiro atoms. The van der Waals surface area contributed by atoms with Crippen LogP contribution in [0.5, 0.6) is 0 Å². The molecule has 5 heteroatoms. The molecule has 1 unspecified atom stereocenters. The lowest BCUT2D eigenvalue weighted by molar-refractivity contribution is -0.113. The second-order valence-corrected chi connectivity index (χ2v) is 5.37. The molecule has 1 atom stereocenters. The topological polar surface area (TPSA) is 90.3 Å². The standard InChI is InChI=1S/C18H15N3O2/c19-11-13-6-7-14(9-15(13)20)21-16(17(22)10-18(21)23)8-12-4-2-1-3-5-12/h1-7,9-10,16,22H,8,20H2. The Bertz CT molecular complexity index is 822. The molecule has 0 fully saturated rings. The number of aliphatic hydroxyl groups excluding tert-OH is 1. The highest BCUT2D eigenvalue weighted by Crippen LogP contribution is 2.30. The summed E-state index contributed by atoms with van der Waals surface area (Å²) in [6.07, 6.45) is 1.72. The van der Waals surface area contributed by atoms with Crippen molar-refractivity contribution < 1.29 is 9.90 Å². The first-order chi connectivity index (χ1) is 11.1. The van der Waals surface area contributed by atoms with Gasteiger partial charge in [-0.1, -0.05) is 30.3 Å². The van der Waals surface area contributed by atoms with Crippen molar-refractivity contribution in [3.8, 4) is 6.07 Å². The largest absolute Gasteiger partial charge is 0.510 e. The van der Waals surface area contributed by atoms with Crippen LogP contribution in [-0.4, -0.2) is 17.1 Å². The number of carbonyl (C=O) groups excluding carboxylic acids is 1. The molecule has 0 aromatic heterocycles. The van der Waals surface area contributed by atoms with Crippen molar-refractivity contribution in [1.82, 2.24) is 0 Å². The van der Waals surface area contributed by atoms with Gasteiger partial charge in [-0.15, -0.1) is 0 Å². The number of anilines is 2. The molecule has 23 heavy (non-hydrogen) atoms. The summed E-state index contributed by atoms with van der Waals surface area (Å²) >= 11 is 0. The highest BCUT2D eigenvalue weighted by molar-refractivity contribution is 6.05. The van der Waals surface area contributed by atoms with Crippen LogP contribution in [0.4, 0.5) is 11.4 Å². The van der Waals surface area contributed by atoms with Crippen molar-refractivity contribution in [3.05, 3.63) is 71.5 Å². The molecule has 2 aromatic rings. The predicted octanol–water partition coefficient (Wildman–Crippen LogP) is 2.54. The van der Waals surface area contributed by atoms with Crippen LogP contribution in [0, 0.1) is 11.3 Å². The Labute approximate surface area is 133 Å². The fraction of sp³-hybridized carbons (Fsp3) is 0.111. The number of nitrogens with two attached hydrogens (primary N) is 1. The lowest BCUT2D eigenvalue weighted by Crippen LogP contribution is -2.37. The van der Waals surface area contributed by atoms with Crippen LogP contribution in [0.2, 0.25) is 0 Å². The minimum Gasteiger partial charge on any atom is -0.510 e. The summed E-state index contributed by atoms with van der Waals surface area (Å²) < 4.78 is 0. The smallest absolute Gasteiger partial charge is 0.255 e. The van der Waals surface area contributed by atoms with Gasteiger partial charge in [-0.05, 0) is 23.8 Å². The van der Waals surface area contributed by atoms with Gasteiger partial charge in [0.25, 0.3) is 5.91 Å². The van der Waals surface area contributed by atoms with Gasteiger partial charge in [-0.2, -0.15) is 5.26 Å². The molecule has 0 saturated carbocycles. The highest BCUT2D eigenvalue weighted by atomic mass is 16.3. The Balaban J connectivity index is 1.94. The van der Waals surface area contributed by atoms with Crippen LogP contribution in [0.1, 0.15) is 11.1 Å². The molecule has 1 amide bonds. The molecule has 3 N–H and O–H groups in total. The number of hydrogen-bond acceptors (Lipinski definition) is 4. The van der Waals surface area contributed by atoms with Crippen molar-refractivity contribution in [2.75, 3.05) is 10.6 Å². The van der Waals surface area contributed by atoms with E-state index in [9.17, 15) is 9.90 Å². The molecule has 0 aliphatic carbocycles. The lowest BCUT2D eigenvalue weighted by atomic mass is 10.0. The number of aliphatic hydroxyl groups is 1. The third-order valence-corrected chi connectivity index (χ3v) is 3.87. The van der Waals surface area contributed by atoms with Gasteiger partial charge in [0.15, 0.2) is 0 Å². The molecule has 114 valence electrons. The maximum atomic E-state index is 12.2. The van der Waals surface area contributed by atoms with E-state index in [2.05, 4.69) is 0 Å². The Morgan fingerprint density at radius 3 is 2.61 bits per heavy atom. The molecule has 3 rings (SSSR count). The number of nitrogens with zero attached hydrogens (tertiary/aromatic N) is 2. The fourth-order valence-corrected chi connectivity index (χ4v) is 2.72. The second-order valence-electron chi connectivity index (χ2n) is 5.37. The molecule has 2 aromatic carbocycles. The van der Waals surface area contributed by atoms with Gasteiger partial charge >= 0.3 is 0 Å². The van der Waals surface area contributed by atoms with Gasteiger partial charge in [-0.25, -0.2) is 0 Å². The minimum absolute atomic E-state index is 0.0294. The number of carbonyl (C=O) groups is 1. The van der Waals surface area contributed by atoms with Gasteiger partial charge in [-0.3, -0.25) is 9.69 Å². The molecule has 1 aliphatic rings. The van der Waals surface area contributed by atoms with E-state index in [0.29, 0.717) is 23.4 Å². The van der Waals surface area contributed by atoms with Gasteiger partial charge in [0.05, 0.1) is 17.3 Å². The third-order valence-electron chi connectivity index (χ3n) is 3.87. The summed E-state index contributed by atoms with van der Waals surface area (Å²) in [5.41, 5.74) is 8.08. The zero-order valence-electron chi connectivity index (χ0n) is 12.3. The number of rotatable bonds is 3. The predicted molar refractivity (Wildman–Crippen MR) is 87.7 cm³/mol. The average Bonchev–Trinajstić information content (AvgIpc) is 2.82. The van der Waals surface area contributed by atoms with Crippen LogP contribution in [0.3, 0.4) is 0 Å². The molecular formula is C18H15N3O2. The number of nitrogen functional groups attached to an aromatic ring is 1. The van der Waals surface area contributed by atoms with E-state index in [1.807, 2.05) is 36.4 Å². The van der Waals surface area contributed by atoms with E-state index in [0.717, 1.165) is 5.56 Å². The summed E-state index contributed by atoms with van der Waals surface area (Å²) in [5, 5.41) is 19.1. The Morgan fingerprint density at radius 2 is 1.96 bits per heavy atom. The molecule has 0 radical (unpaired) electrons. The minimum atomic E-state index is -0.475. The normalized spacial score (nSPS) is 17.0. The van der Waals surface area contributed by atoms with Crippen molar-refractivity contribution in [2.45, 2.75) is 12.5 Å². The van der Waals surface area contributed by atoms with E-state index in [1.54, 1.807) is 18.2 Å². The lowest BCUT2D eigenvalue weighted by Gasteiger charge is -2.26. The fourth-order valence-electron chi connectivity index (χ4n) is 2.72. The van der Waals surface area contributed by atoms with Crippen LogP contribution in [0.25, 0.3) is 0 Å². The summed E-state index contributed by atoms with van der Waals surface area (Å²) in [6.45, 7) is 0. The van der Waals surface area contributed by atoms with Crippen molar-refractivity contribution in [1.29, 1.82) is 5.26 Å². The second kappa shape index (κ2) is 5.85. The third kappa shape index (κ3) is 2.74. The van der Waals surface area contributed by atoms with Gasteiger partial charge in [0, 0.05) is 18.2 Å². The summed E-state index contributed by atoms with van der Waals surface area (Å²) in [5.74, 6) is -0.269. The molecule has 5 nitrogen and oxygen atoms in total. The number of nitriles is 1. The Morgan fingerprint density at radius 1 is 1.22 bits per heavy atom. The SMILES string of the molecule is N#Cc1ccc(N2C(=O)C=C(O)C2Cc2ccccc2)cc1N. The summed E-state index contributed by atoms with van der Waals surface area (Å²) in [7, 11) is 0. The number of benzene rings is 2. The monoisotopic (exact) mass is 305 g/mol. The van der Waals surface area contributed by atoms with Crippen LogP contribution >= 0.6 is 0 Å². The van der Waals surface area contributed by atoms with Crippen LogP contribution < -0.4 is 10.6 Å². The maximum absolute atomic E-state index is 12.2. The number of amides is 1. The van der Waals surface area contributed by atoms with Gasteiger partial charge in [0.1, 0.15) is 11.8 Å². The van der Waals surface area contributed by atoms with E-state index in [-0.39, 0.29) is 11.7 Å². The first-order valence-corrected chi connectivity index (χ1v) is 7.17. The Kier molecular flexibility index (Phi) is 3.73. The zero-order valence-corrected chi connectivity index (χ0v) is 12.3. The van der Waals surface area contributed by atoms with Gasteiger partial charge < -0.3 is 10.8 Å². The van der Waals surface area contributed by atoms with E-state index in [1.165, 1.54) is 11.0 Å². The maximum Gasteiger partial charge on any atom is 0.255 e. The Hall–Kier alpha value is -3.26. The molecular weight excluding hydrogens is 290 g/mol. The molecule has 1 aliphatic heterocycles.